The third kappa shape index (κ3) is 4.44. The predicted molar refractivity (Wildman–Crippen MR) is 86.2 cm³/mol. The maximum Gasteiger partial charge on any atom is 0.243 e. The molecule has 0 saturated heterocycles. The van der Waals surface area contributed by atoms with Gasteiger partial charge in [-0.2, -0.15) is 4.31 Å². The Labute approximate surface area is 129 Å². The van der Waals surface area contributed by atoms with Crippen molar-refractivity contribution in [1.29, 1.82) is 0 Å². The summed E-state index contributed by atoms with van der Waals surface area (Å²) in [7, 11) is 0.358. The number of hydrogen-bond donors (Lipinski definition) is 1. The van der Waals surface area contributed by atoms with Gasteiger partial charge in [0.05, 0.1) is 4.90 Å². The fraction of sp³-hybridized carbons (Fsp3) is 0.538. The molecular weight excluding hydrogens is 342 g/mol. The minimum atomic E-state index is -3.49. The second-order valence-corrected chi connectivity index (χ2v) is 7.68. The molecule has 0 unspecified atom stereocenters. The highest BCUT2D eigenvalue weighted by Crippen LogP contribution is 2.24. The van der Waals surface area contributed by atoms with Crippen molar-refractivity contribution in [2.45, 2.75) is 18.2 Å². The van der Waals surface area contributed by atoms with E-state index >= 15 is 0 Å². The van der Waals surface area contributed by atoms with Gasteiger partial charge in [-0.05, 0) is 54.6 Å². The molecule has 0 aromatic heterocycles. The van der Waals surface area contributed by atoms with Crippen molar-refractivity contribution in [1.82, 2.24) is 9.21 Å². The summed E-state index contributed by atoms with van der Waals surface area (Å²) in [5.41, 5.74) is 6.20. The Morgan fingerprint density at radius 3 is 2.35 bits per heavy atom. The number of benzene rings is 1. The van der Waals surface area contributed by atoms with E-state index in [0.717, 1.165) is 6.42 Å². The molecule has 7 heteroatoms. The van der Waals surface area contributed by atoms with Gasteiger partial charge in [0.2, 0.25) is 10.0 Å². The van der Waals surface area contributed by atoms with Crippen molar-refractivity contribution in [2.24, 2.45) is 0 Å². The van der Waals surface area contributed by atoms with Crippen LogP contribution in [-0.2, 0) is 10.0 Å². The standard InChI is InChI=1S/C13H22BrN3O2S/c1-4-7-17(9-8-16(2)3)20(18,19)11-5-6-12(14)13(15)10-11/h5-6,10H,4,7-9,15H2,1-3H3. The molecule has 0 saturated carbocycles. The van der Waals surface area contributed by atoms with Gasteiger partial charge in [0.15, 0.2) is 0 Å². The van der Waals surface area contributed by atoms with Crippen molar-refractivity contribution >= 4 is 31.6 Å². The molecule has 0 spiro atoms. The number of sulfonamides is 1. The Morgan fingerprint density at radius 1 is 1.20 bits per heavy atom. The number of likely N-dealkylation sites (N-methyl/N-ethyl adjacent to an activating group) is 1. The van der Waals surface area contributed by atoms with Crippen LogP contribution in [0.25, 0.3) is 0 Å². The normalized spacial score (nSPS) is 12.3. The van der Waals surface area contributed by atoms with Crippen LogP contribution in [0.4, 0.5) is 5.69 Å². The van der Waals surface area contributed by atoms with Crippen LogP contribution >= 0.6 is 15.9 Å². The van der Waals surface area contributed by atoms with Gasteiger partial charge in [0, 0.05) is 29.8 Å². The van der Waals surface area contributed by atoms with Crippen LogP contribution < -0.4 is 5.73 Å². The van der Waals surface area contributed by atoms with Crippen molar-refractivity contribution in [3.63, 3.8) is 0 Å². The summed E-state index contributed by atoms with van der Waals surface area (Å²) in [6, 6.07) is 4.74. The van der Waals surface area contributed by atoms with E-state index in [4.69, 9.17) is 5.73 Å². The van der Waals surface area contributed by atoms with Crippen LogP contribution in [0.15, 0.2) is 27.6 Å². The zero-order valence-corrected chi connectivity index (χ0v) is 14.5. The first-order valence-corrected chi connectivity index (χ1v) is 8.72. The second-order valence-electron chi connectivity index (χ2n) is 4.89. The lowest BCUT2D eigenvalue weighted by Gasteiger charge is -2.23. The molecule has 5 nitrogen and oxygen atoms in total. The van der Waals surface area contributed by atoms with E-state index in [1.54, 1.807) is 12.1 Å². The highest BCUT2D eigenvalue weighted by atomic mass is 79.9. The predicted octanol–water partition coefficient (Wildman–Crippen LogP) is 1.99. The van der Waals surface area contributed by atoms with Crippen LogP contribution in [0.5, 0.6) is 0 Å². The Morgan fingerprint density at radius 2 is 1.85 bits per heavy atom. The van der Waals surface area contributed by atoms with E-state index in [9.17, 15) is 8.42 Å². The lowest BCUT2D eigenvalue weighted by Crippen LogP contribution is -2.37. The maximum absolute atomic E-state index is 12.6. The molecular formula is C13H22BrN3O2S. The molecule has 0 bridgehead atoms. The summed E-state index contributed by atoms with van der Waals surface area (Å²) in [4.78, 5) is 2.21. The van der Waals surface area contributed by atoms with E-state index in [1.807, 2.05) is 25.9 Å². The van der Waals surface area contributed by atoms with Crippen molar-refractivity contribution in [3.8, 4) is 0 Å². The third-order valence-electron chi connectivity index (χ3n) is 2.87. The van der Waals surface area contributed by atoms with E-state index in [-0.39, 0.29) is 4.90 Å². The summed E-state index contributed by atoms with van der Waals surface area (Å²) in [6.07, 6.45) is 0.776. The number of hydrogen-bond acceptors (Lipinski definition) is 4. The average Bonchev–Trinajstić information content (AvgIpc) is 2.37. The van der Waals surface area contributed by atoms with E-state index in [1.165, 1.54) is 10.4 Å². The van der Waals surface area contributed by atoms with Gasteiger partial charge in [-0.15, -0.1) is 0 Å². The molecule has 2 N–H and O–H groups in total. The smallest absolute Gasteiger partial charge is 0.243 e. The largest absolute Gasteiger partial charge is 0.398 e. The van der Waals surface area contributed by atoms with E-state index in [0.29, 0.717) is 29.8 Å². The first-order chi connectivity index (χ1) is 9.28. The summed E-state index contributed by atoms with van der Waals surface area (Å²) in [5.74, 6) is 0. The molecule has 1 aromatic rings. The molecule has 0 heterocycles. The molecule has 0 radical (unpaired) electrons. The molecule has 1 aromatic carbocycles. The monoisotopic (exact) mass is 363 g/mol. The van der Waals surface area contributed by atoms with Crippen molar-refractivity contribution < 1.29 is 8.42 Å². The zero-order chi connectivity index (χ0) is 15.3. The molecule has 0 fully saturated rings. The van der Waals surface area contributed by atoms with E-state index in [2.05, 4.69) is 15.9 Å². The second kappa shape index (κ2) is 7.40. The number of nitrogens with zero attached hydrogens (tertiary/aromatic N) is 2. The van der Waals surface area contributed by atoms with Gasteiger partial charge in [0.1, 0.15) is 0 Å². The lowest BCUT2D eigenvalue weighted by atomic mass is 10.3. The lowest BCUT2D eigenvalue weighted by molar-refractivity contribution is 0.333. The molecule has 0 aliphatic carbocycles. The Kier molecular flexibility index (Phi) is 6.44. The van der Waals surface area contributed by atoms with Crippen LogP contribution in [0, 0.1) is 0 Å². The third-order valence-corrected chi connectivity index (χ3v) is 5.49. The van der Waals surface area contributed by atoms with Crippen LogP contribution in [-0.4, -0.2) is 51.4 Å². The van der Waals surface area contributed by atoms with Gasteiger partial charge in [0.25, 0.3) is 0 Å². The molecule has 1 rings (SSSR count). The SMILES string of the molecule is CCCN(CCN(C)C)S(=O)(=O)c1ccc(Br)c(N)c1. The Balaban J connectivity index is 3.05. The number of nitrogen functional groups attached to an aromatic ring is 1. The Bertz CT molecular complexity index is 547. The van der Waals surface area contributed by atoms with Gasteiger partial charge in [-0.25, -0.2) is 8.42 Å². The summed E-state index contributed by atoms with van der Waals surface area (Å²) >= 11 is 3.27. The molecule has 114 valence electrons. The quantitative estimate of drug-likeness (QED) is 0.752. The highest BCUT2D eigenvalue weighted by Gasteiger charge is 2.24. The summed E-state index contributed by atoms with van der Waals surface area (Å²) < 4.78 is 27.5. The number of rotatable bonds is 7. The number of anilines is 1. The van der Waals surface area contributed by atoms with Gasteiger partial charge in [-0.1, -0.05) is 6.92 Å². The summed E-state index contributed by atoms with van der Waals surface area (Å²) in [5, 5.41) is 0. The van der Waals surface area contributed by atoms with Crippen LogP contribution in [0.2, 0.25) is 0 Å². The Hall–Kier alpha value is -0.630. The molecule has 0 aliphatic rings. The van der Waals surface area contributed by atoms with Crippen LogP contribution in [0.3, 0.4) is 0 Å². The number of nitrogens with two attached hydrogens (primary N) is 1. The van der Waals surface area contributed by atoms with Gasteiger partial charge >= 0.3 is 0 Å². The topological polar surface area (TPSA) is 66.6 Å². The zero-order valence-electron chi connectivity index (χ0n) is 12.1. The highest BCUT2D eigenvalue weighted by molar-refractivity contribution is 9.10. The molecule has 0 aliphatic heterocycles. The fourth-order valence-corrected chi connectivity index (χ4v) is 3.55. The summed E-state index contributed by atoms with van der Waals surface area (Å²) in [6.45, 7) is 3.63. The molecule has 0 amide bonds. The minimum absolute atomic E-state index is 0.241. The molecule has 20 heavy (non-hydrogen) atoms. The van der Waals surface area contributed by atoms with E-state index < -0.39 is 10.0 Å². The molecule has 0 atom stereocenters. The van der Waals surface area contributed by atoms with Gasteiger partial charge in [-0.3, -0.25) is 0 Å². The average molecular weight is 364 g/mol. The fourth-order valence-electron chi connectivity index (χ4n) is 1.74. The first kappa shape index (κ1) is 17.4. The van der Waals surface area contributed by atoms with Gasteiger partial charge < -0.3 is 10.6 Å². The van der Waals surface area contributed by atoms with Crippen molar-refractivity contribution in [3.05, 3.63) is 22.7 Å². The number of halogens is 1. The van der Waals surface area contributed by atoms with Crippen molar-refractivity contribution in [2.75, 3.05) is 39.5 Å². The first-order valence-electron chi connectivity index (χ1n) is 6.49. The minimum Gasteiger partial charge on any atom is -0.398 e. The maximum atomic E-state index is 12.6. The van der Waals surface area contributed by atoms with Crippen LogP contribution in [0.1, 0.15) is 13.3 Å².